The van der Waals surface area contributed by atoms with Gasteiger partial charge in [0.05, 0.1) is 17.4 Å². The highest BCUT2D eigenvalue weighted by Gasteiger charge is 2.19. The predicted molar refractivity (Wildman–Crippen MR) is 111 cm³/mol. The number of hydrogen-bond acceptors (Lipinski definition) is 2. The van der Waals surface area contributed by atoms with Gasteiger partial charge in [-0.1, -0.05) is 54.1 Å². The lowest BCUT2D eigenvalue weighted by Gasteiger charge is -2.27. The van der Waals surface area contributed by atoms with Gasteiger partial charge in [0.25, 0.3) is 0 Å². The van der Waals surface area contributed by atoms with E-state index in [2.05, 4.69) is 89.7 Å². The van der Waals surface area contributed by atoms with E-state index in [0.29, 0.717) is 6.04 Å². The van der Waals surface area contributed by atoms with Crippen molar-refractivity contribution in [3.8, 4) is 11.3 Å². The van der Waals surface area contributed by atoms with E-state index in [-0.39, 0.29) is 0 Å². The molecule has 2 aromatic carbocycles. The number of aryl methyl sites for hydroxylation is 2. The Bertz CT molecular complexity index is 1090. The fourth-order valence-corrected chi connectivity index (χ4v) is 4.05. The zero-order valence-electron chi connectivity index (χ0n) is 15.5. The van der Waals surface area contributed by atoms with E-state index < -0.39 is 0 Å². The molecular weight excluding hydrogens is 330 g/mol. The number of rotatable bonds is 3. The van der Waals surface area contributed by atoms with Crippen molar-refractivity contribution in [1.82, 2.24) is 9.38 Å². The van der Waals surface area contributed by atoms with Gasteiger partial charge in [-0.3, -0.25) is 0 Å². The first-order chi connectivity index (χ1) is 13.3. The van der Waals surface area contributed by atoms with Gasteiger partial charge in [0.15, 0.2) is 0 Å². The minimum Gasteiger partial charge on any atom is -0.377 e. The second-order valence-electron chi connectivity index (χ2n) is 7.46. The fraction of sp³-hybridized carbons (Fsp3) is 0.208. The van der Waals surface area contributed by atoms with Crippen molar-refractivity contribution in [3.63, 3.8) is 0 Å². The van der Waals surface area contributed by atoms with Crippen LogP contribution in [-0.2, 0) is 6.42 Å². The molecule has 0 fully saturated rings. The third kappa shape index (κ3) is 3.10. The summed E-state index contributed by atoms with van der Waals surface area (Å²) < 4.78 is 2.12. The monoisotopic (exact) mass is 353 g/mol. The van der Waals surface area contributed by atoms with Crippen LogP contribution in [0.4, 0.5) is 5.69 Å². The summed E-state index contributed by atoms with van der Waals surface area (Å²) in [4.78, 5) is 4.77. The zero-order valence-corrected chi connectivity index (χ0v) is 15.5. The van der Waals surface area contributed by atoms with Gasteiger partial charge in [0.2, 0.25) is 0 Å². The van der Waals surface area contributed by atoms with Gasteiger partial charge in [-0.2, -0.15) is 0 Å². The Labute approximate surface area is 159 Å². The maximum Gasteiger partial charge on any atom is 0.137 e. The first-order valence-corrected chi connectivity index (χ1v) is 9.66. The molecule has 3 heteroatoms. The van der Waals surface area contributed by atoms with Gasteiger partial charge in [-0.25, -0.2) is 4.98 Å². The molecular formula is C24H23N3. The van der Waals surface area contributed by atoms with E-state index in [1.807, 2.05) is 0 Å². The molecule has 5 rings (SSSR count). The Morgan fingerprint density at radius 2 is 1.81 bits per heavy atom. The number of imidazole rings is 1. The van der Waals surface area contributed by atoms with Crippen LogP contribution in [-0.4, -0.2) is 9.38 Å². The number of benzene rings is 2. The molecule has 0 amide bonds. The lowest BCUT2D eigenvalue weighted by molar-refractivity contribution is 0.600. The average molecular weight is 353 g/mol. The number of fused-ring (bicyclic) bond motifs is 2. The van der Waals surface area contributed by atoms with Gasteiger partial charge >= 0.3 is 0 Å². The van der Waals surface area contributed by atoms with Gasteiger partial charge in [0, 0.05) is 18.0 Å². The molecule has 1 N–H and O–H groups in total. The molecule has 0 saturated carbocycles. The molecule has 1 aliphatic rings. The number of hydrogen-bond donors (Lipinski definition) is 1. The smallest absolute Gasteiger partial charge is 0.137 e. The van der Waals surface area contributed by atoms with Crippen LogP contribution < -0.4 is 5.32 Å². The summed E-state index contributed by atoms with van der Waals surface area (Å²) in [7, 11) is 0. The minimum atomic E-state index is 0.382. The van der Waals surface area contributed by atoms with E-state index in [0.717, 1.165) is 22.6 Å². The van der Waals surface area contributed by atoms with Crippen molar-refractivity contribution in [2.75, 3.05) is 5.32 Å². The molecule has 0 spiro atoms. The second kappa shape index (κ2) is 6.58. The first-order valence-electron chi connectivity index (χ1n) is 9.66. The van der Waals surface area contributed by atoms with Crippen LogP contribution in [0.2, 0.25) is 0 Å². The first kappa shape index (κ1) is 16.1. The lowest BCUT2D eigenvalue weighted by atomic mass is 9.87. The fourth-order valence-electron chi connectivity index (χ4n) is 4.05. The van der Waals surface area contributed by atoms with Crippen LogP contribution in [0, 0.1) is 6.92 Å². The Balaban J connectivity index is 1.44. The molecule has 0 aliphatic heterocycles. The molecule has 27 heavy (non-hydrogen) atoms. The van der Waals surface area contributed by atoms with Crippen molar-refractivity contribution in [2.45, 2.75) is 32.2 Å². The molecule has 0 saturated heterocycles. The highest BCUT2D eigenvalue weighted by atomic mass is 15.0. The Morgan fingerprint density at radius 1 is 0.963 bits per heavy atom. The molecule has 0 bridgehead atoms. The summed E-state index contributed by atoms with van der Waals surface area (Å²) in [5.41, 5.74) is 8.45. The third-order valence-corrected chi connectivity index (χ3v) is 5.51. The van der Waals surface area contributed by atoms with Crippen molar-refractivity contribution in [3.05, 3.63) is 89.7 Å². The Morgan fingerprint density at radius 3 is 2.70 bits per heavy atom. The van der Waals surface area contributed by atoms with Crippen molar-refractivity contribution in [2.24, 2.45) is 0 Å². The Hall–Kier alpha value is -3.07. The molecule has 2 heterocycles. The summed E-state index contributed by atoms with van der Waals surface area (Å²) in [6, 6.07) is 22.0. The molecule has 4 aromatic rings. The SMILES string of the molecule is Cc1ccc(-c2cn3cc(NC4CCCc5ccccc54)ccc3n2)cc1. The molecule has 0 radical (unpaired) electrons. The lowest BCUT2D eigenvalue weighted by Crippen LogP contribution is -2.17. The van der Waals surface area contributed by atoms with Crippen LogP contribution in [0.25, 0.3) is 16.9 Å². The number of anilines is 1. The van der Waals surface area contributed by atoms with E-state index in [4.69, 9.17) is 4.98 Å². The number of nitrogens with zero attached hydrogens (tertiary/aromatic N) is 2. The quantitative estimate of drug-likeness (QED) is 0.504. The zero-order chi connectivity index (χ0) is 18.2. The normalized spacial score (nSPS) is 16.3. The molecule has 1 atom stereocenters. The number of aromatic nitrogens is 2. The third-order valence-electron chi connectivity index (χ3n) is 5.51. The number of nitrogens with one attached hydrogen (secondary N) is 1. The van der Waals surface area contributed by atoms with Gasteiger partial charge < -0.3 is 9.72 Å². The molecule has 1 unspecified atom stereocenters. The molecule has 1 aliphatic carbocycles. The van der Waals surface area contributed by atoms with E-state index in [1.165, 1.54) is 36.0 Å². The highest BCUT2D eigenvalue weighted by molar-refractivity contribution is 5.64. The summed E-state index contributed by atoms with van der Waals surface area (Å²) in [5, 5.41) is 3.74. The summed E-state index contributed by atoms with van der Waals surface area (Å²) >= 11 is 0. The van der Waals surface area contributed by atoms with Crippen molar-refractivity contribution >= 4 is 11.3 Å². The summed E-state index contributed by atoms with van der Waals surface area (Å²) in [6.45, 7) is 2.11. The van der Waals surface area contributed by atoms with Crippen LogP contribution >= 0.6 is 0 Å². The van der Waals surface area contributed by atoms with Crippen LogP contribution in [0.5, 0.6) is 0 Å². The topological polar surface area (TPSA) is 29.3 Å². The van der Waals surface area contributed by atoms with E-state index >= 15 is 0 Å². The van der Waals surface area contributed by atoms with E-state index in [9.17, 15) is 0 Å². The largest absolute Gasteiger partial charge is 0.377 e. The average Bonchev–Trinajstić information content (AvgIpc) is 3.12. The van der Waals surface area contributed by atoms with Crippen molar-refractivity contribution < 1.29 is 0 Å². The maximum atomic E-state index is 4.77. The highest BCUT2D eigenvalue weighted by Crippen LogP contribution is 2.32. The summed E-state index contributed by atoms with van der Waals surface area (Å²) in [6.07, 6.45) is 7.86. The molecule has 134 valence electrons. The predicted octanol–water partition coefficient (Wildman–Crippen LogP) is 5.80. The number of pyridine rings is 1. The van der Waals surface area contributed by atoms with Crippen LogP contribution in [0.1, 0.15) is 35.6 Å². The summed E-state index contributed by atoms with van der Waals surface area (Å²) in [5.74, 6) is 0. The van der Waals surface area contributed by atoms with E-state index in [1.54, 1.807) is 0 Å². The second-order valence-corrected chi connectivity index (χ2v) is 7.46. The van der Waals surface area contributed by atoms with Crippen LogP contribution in [0.3, 0.4) is 0 Å². The molecule has 3 nitrogen and oxygen atoms in total. The van der Waals surface area contributed by atoms with Crippen molar-refractivity contribution in [1.29, 1.82) is 0 Å². The molecule has 2 aromatic heterocycles. The minimum absolute atomic E-state index is 0.382. The standard InChI is InChI=1S/C24H23N3/c1-17-9-11-19(12-10-17)23-16-27-15-20(13-14-24(27)26-23)25-22-8-4-6-18-5-2-3-7-21(18)22/h2-3,5,7,9-16,22,25H,4,6,8H2,1H3. The maximum absolute atomic E-state index is 4.77. The van der Waals surface area contributed by atoms with Gasteiger partial charge in [-0.15, -0.1) is 0 Å². The Kier molecular flexibility index (Phi) is 3.93. The van der Waals surface area contributed by atoms with Gasteiger partial charge in [-0.05, 0) is 49.4 Å². The van der Waals surface area contributed by atoms with Crippen LogP contribution in [0.15, 0.2) is 73.1 Å². The van der Waals surface area contributed by atoms with Gasteiger partial charge in [0.1, 0.15) is 5.65 Å².